The standard InChI is InChI=1S/C19H26FN5/c1-15(2)7-9-21-18-8-10-22-19(23-18)25-13-11-24(12-14-25)17-5-3-16(20)4-6-17/h3-6,8,10,15H,7,9,11-14H2,1-2H3,(H,21,22,23). The molecule has 134 valence electrons. The minimum Gasteiger partial charge on any atom is -0.370 e. The lowest BCUT2D eigenvalue weighted by Gasteiger charge is -2.36. The van der Waals surface area contributed by atoms with E-state index in [1.807, 2.05) is 24.4 Å². The van der Waals surface area contributed by atoms with Gasteiger partial charge < -0.3 is 15.1 Å². The van der Waals surface area contributed by atoms with Crippen LogP contribution in [0.3, 0.4) is 0 Å². The summed E-state index contributed by atoms with van der Waals surface area (Å²) in [4.78, 5) is 13.5. The lowest BCUT2D eigenvalue weighted by atomic mass is 10.1. The van der Waals surface area contributed by atoms with E-state index in [1.165, 1.54) is 12.1 Å². The van der Waals surface area contributed by atoms with Gasteiger partial charge in [0.15, 0.2) is 0 Å². The summed E-state index contributed by atoms with van der Waals surface area (Å²) in [6.45, 7) is 8.81. The van der Waals surface area contributed by atoms with Gasteiger partial charge in [-0.3, -0.25) is 0 Å². The summed E-state index contributed by atoms with van der Waals surface area (Å²) >= 11 is 0. The molecule has 1 aliphatic rings. The fraction of sp³-hybridized carbons (Fsp3) is 0.474. The summed E-state index contributed by atoms with van der Waals surface area (Å²) in [5.74, 6) is 2.13. The van der Waals surface area contributed by atoms with Gasteiger partial charge in [0.1, 0.15) is 11.6 Å². The first kappa shape index (κ1) is 17.5. The maximum absolute atomic E-state index is 13.1. The minimum absolute atomic E-state index is 0.197. The molecule has 0 aliphatic carbocycles. The van der Waals surface area contributed by atoms with Crippen LogP contribution in [-0.4, -0.2) is 42.7 Å². The van der Waals surface area contributed by atoms with E-state index in [-0.39, 0.29) is 5.82 Å². The molecule has 5 nitrogen and oxygen atoms in total. The summed E-state index contributed by atoms with van der Waals surface area (Å²) in [5, 5.41) is 3.37. The highest BCUT2D eigenvalue weighted by Crippen LogP contribution is 2.19. The molecule has 0 saturated carbocycles. The van der Waals surface area contributed by atoms with Gasteiger partial charge in [0.25, 0.3) is 0 Å². The number of rotatable bonds is 6. The third-order valence-corrected chi connectivity index (χ3v) is 4.42. The first-order chi connectivity index (χ1) is 12.1. The second-order valence-corrected chi connectivity index (χ2v) is 6.80. The van der Waals surface area contributed by atoms with Gasteiger partial charge in [0.2, 0.25) is 5.95 Å². The Kier molecular flexibility index (Phi) is 5.68. The Bertz CT molecular complexity index is 666. The van der Waals surface area contributed by atoms with Gasteiger partial charge in [0, 0.05) is 44.6 Å². The fourth-order valence-electron chi connectivity index (χ4n) is 2.90. The molecule has 3 rings (SSSR count). The monoisotopic (exact) mass is 343 g/mol. The van der Waals surface area contributed by atoms with Gasteiger partial charge in [0.05, 0.1) is 0 Å². The third-order valence-electron chi connectivity index (χ3n) is 4.42. The molecule has 25 heavy (non-hydrogen) atoms. The van der Waals surface area contributed by atoms with Gasteiger partial charge in [-0.1, -0.05) is 13.8 Å². The van der Waals surface area contributed by atoms with Crippen molar-refractivity contribution in [3.05, 3.63) is 42.3 Å². The van der Waals surface area contributed by atoms with Gasteiger partial charge >= 0.3 is 0 Å². The number of anilines is 3. The van der Waals surface area contributed by atoms with E-state index < -0.39 is 0 Å². The molecule has 0 radical (unpaired) electrons. The van der Waals surface area contributed by atoms with Crippen molar-refractivity contribution in [3.63, 3.8) is 0 Å². The van der Waals surface area contributed by atoms with Crippen molar-refractivity contribution in [1.82, 2.24) is 9.97 Å². The summed E-state index contributed by atoms with van der Waals surface area (Å²) in [6, 6.07) is 8.61. The number of hydrogen-bond acceptors (Lipinski definition) is 5. The number of benzene rings is 1. The van der Waals surface area contributed by atoms with Crippen LogP contribution in [0.4, 0.5) is 21.8 Å². The molecule has 1 fully saturated rings. The van der Waals surface area contributed by atoms with E-state index in [1.54, 1.807) is 0 Å². The van der Waals surface area contributed by atoms with Crippen LogP contribution in [0.25, 0.3) is 0 Å². The van der Waals surface area contributed by atoms with Crippen LogP contribution >= 0.6 is 0 Å². The molecule has 0 amide bonds. The SMILES string of the molecule is CC(C)CCNc1ccnc(N2CCN(c3ccc(F)cc3)CC2)n1. The normalized spacial score (nSPS) is 14.9. The molecular formula is C19H26FN5. The Morgan fingerprint density at radius 2 is 1.72 bits per heavy atom. The second kappa shape index (κ2) is 8.14. The van der Waals surface area contributed by atoms with E-state index >= 15 is 0 Å². The third kappa shape index (κ3) is 4.81. The zero-order valence-electron chi connectivity index (χ0n) is 15.0. The van der Waals surface area contributed by atoms with Crippen molar-refractivity contribution in [2.45, 2.75) is 20.3 Å². The molecule has 0 spiro atoms. The minimum atomic E-state index is -0.197. The van der Waals surface area contributed by atoms with E-state index in [2.05, 4.69) is 38.9 Å². The highest BCUT2D eigenvalue weighted by Gasteiger charge is 2.19. The average Bonchev–Trinajstić information content (AvgIpc) is 2.62. The van der Waals surface area contributed by atoms with Gasteiger partial charge in [-0.05, 0) is 42.7 Å². The molecule has 1 N–H and O–H groups in total. The number of nitrogens with one attached hydrogen (secondary N) is 1. The average molecular weight is 343 g/mol. The summed E-state index contributed by atoms with van der Waals surface area (Å²) in [6.07, 6.45) is 2.93. The Labute approximate surface area is 148 Å². The topological polar surface area (TPSA) is 44.3 Å². The van der Waals surface area contributed by atoms with Crippen molar-refractivity contribution in [2.24, 2.45) is 5.92 Å². The van der Waals surface area contributed by atoms with Gasteiger partial charge in [-0.15, -0.1) is 0 Å². The molecule has 1 aliphatic heterocycles. The van der Waals surface area contributed by atoms with Crippen LogP contribution in [-0.2, 0) is 0 Å². The second-order valence-electron chi connectivity index (χ2n) is 6.80. The highest BCUT2D eigenvalue weighted by atomic mass is 19.1. The Balaban J connectivity index is 1.56. The van der Waals surface area contributed by atoms with Crippen LogP contribution in [0.5, 0.6) is 0 Å². The van der Waals surface area contributed by atoms with E-state index in [0.717, 1.165) is 56.6 Å². The first-order valence-electron chi connectivity index (χ1n) is 8.94. The van der Waals surface area contributed by atoms with Crippen molar-refractivity contribution in [2.75, 3.05) is 47.8 Å². The quantitative estimate of drug-likeness (QED) is 0.871. The van der Waals surface area contributed by atoms with Crippen molar-refractivity contribution >= 4 is 17.5 Å². The number of nitrogens with zero attached hydrogens (tertiary/aromatic N) is 4. The van der Waals surface area contributed by atoms with E-state index in [4.69, 9.17) is 0 Å². The van der Waals surface area contributed by atoms with Crippen molar-refractivity contribution in [3.8, 4) is 0 Å². The molecule has 0 bridgehead atoms. The van der Waals surface area contributed by atoms with Crippen molar-refractivity contribution in [1.29, 1.82) is 0 Å². The molecule has 0 atom stereocenters. The van der Waals surface area contributed by atoms with Crippen molar-refractivity contribution < 1.29 is 4.39 Å². The zero-order valence-corrected chi connectivity index (χ0v) is 15.0. The summed E-state index contributed by atoms with van der Waals surface area (Å²) < 4.78 is 13.1. The predicted octanol–water partition coefficient (Wildman–Crippen LogP) is 3.40. The largest absolute Gasteiger partial charge is 0.370 e. The lowest BCUT2D eigenvalue weighted by molar-refractivity contribution is 0.606. The first-order valence-corrected chi connectivity index (χ1v) is 8.94. The predicted molar refractivity (Wildman–Crippen MR) is 101 cm³/mol. The maximum Gasteiger partial charge on any atom is 0.227 e. The van der Waals surface area contributed by atoms with Crippen LogP contribution in [0.15, 0.2) is 36.5 Å². The number of piperazine rings is 1. The summed E-state index contributed by atoms with van der Waals surface area (Å²) in [7, 11) is 0. The van der Waals surface area contributed by atoms with E-state index in [0.29, 0.717) is 5.92 Å². The van der Waals surface area contributed by atoms with Crippen LogP contribution < -0.4 is 15.1 Å². The smallest absolute Gasteiger partial charge is 0.227 e. The van der Waals surface area contributed by atoms with Crippen LogP contribution in [0.2, 0.25) is 0 Å². The zero-order chi connectivity index (χ0) is 17.6. The van der Waals surface area contributed by atoms with Crippen LogP contribution in [0, 0.1) is 11.7 Å². The molecular weight excluding hydrogens is 317 g/mol. The molecule has 0 unspecified atom stereocenters. The molecule has 2 aromatic rings. The molecule has 1 aromatic heterocycles. The summed E-state index contributed by atoms with van der Waals surface area (Å²) in [5.41, 5.74) is 1.06. The molecule has 1 saturated heterocycles. The van der Waals surface area contributed by atoms with E-state index in [9.17, 15) is 4.39 Å². The number of aromatic nitrogens is 2. The number of halogens is 1. The molecule has 2 heterocycles. The lowest BCUT2D eigenvalue weighted by Crippen LogP contribution is -2.47. The molecule has 6 heteroatoms. The van der Waals surface area contributed by atoms with Gasteiger partial charge in [-0.2, -0.15) is 4.98 Å². The highest BCUT2D eigenvalue weighted by molar-refractivity contribution is 5.49. The Morgan fingerprint density at radius 3 is 2.40 bits per heavy atom. The van der Waals surface area contributed by atoms with Crippen LogP contribution in [0.1, 0.15) is 20.3 Å². The maximum atomic E-state index is 13.1. The fourth-order valence-corrected chi connectivity index (χ4v) is 2.90. The number of hydrogen-bond donors (Lipinski definition) is 1. The Morgan fingerprint density at radius 1 is 1.04 bits per heavy atom. The Hall–Kier alpha value is -2.37. The molecule has 1 aromatic carbocycles. The van der Waals surface area contributed by atoms with Gasteiger partial charge in [-0.25, -0.2) is 9.37 Å².